The Morgan fingerprint density at radius 1 is 1.07 bits per heavy atom. The Labute approximate surface area is 166 Å². The van der Waals surface area contributed by atoms with Crippen LogP contribution < -0.4 is 16.0 Å². The number of carbonyl (C=O) groups is 2. The maximum absolute atomic E-state index is 12.3. The van der Waals surface area contributed by atoms with Gasteiger partial charge in [-0.25, -0.2) is 13.2 Å². The number of rotatable bonds is 4. The van der Waals surface area contributed by atoms with E-state index in [1.807, 2.05) is 0 Å². The van der Waals surface area contributed by atoms with Gasteiger partial charge in [0.25, 0.3) is 5.91 Å². The van der Waals surface area contributed by atoms with Crippen LogP contribution in [0.2, 0.25) is 5.02 Å². The molecule has 1 atom stereocenters. The highest BCUT2D eigenvalue weighted by molar-refractivity contribution is 7.91. The summed E-state index contributed by atoms with van der Waals surface area (Å²) in [4.78, 5) is 24.3. The summed E-state index contributed by atoms with van der Waals surface area (Å²) in [6.45, 7) is 0. The van der Waals surface area contributed by atoms with Crippen molar-refractivity contribution in [3.05, 3.63) is 53.1 Å². The zero-order valence-corrected chi connectivity index (χ0v) is 16.2. The number of urea groups is 1. The van der Waals surface area contributed by atoms with Crippen molar-refractivity contribution in [2.24, 2.45) is 0 Å². The first-order valence-electron chi connectivity index (χ1n) is 8.40. The van der Waals surface area contributed by atoms with Gasteiger partial charge in [0.05, 0.1) is 17.2 Å². The molecule has 2 aromatic carbocycles. The predicted molar refractivity (Wildman–Crippen MR) is 107 cm³/mol. The number of amides is 3. The highest BCUT2D eigenvalue weighted by Crippen LogP contribution is 2.27. The van der Waals surface area contributed by atoms with Crippen molar-refractivity contribution in [3.8, 4) is 5.75 Å². The van der Waals surface area contributed by atoms with Crippen LogP contribution >= 0.6 is 11.6 Å². The molecule has 28 heavy (non-hydrogen) atoms. The summed E-state index contributed by atoms with van der Waals surface area (Å²) >= 11 is 5.85. The number of anilines is 2. The van der Waals surface area contributed by atoms with E-state index in [-0.39, 0.29) is 22.9 Å². The number of hydrogen-bond acceptors (Lipinski definition) is 5. The van der Waals surface area contributed by atoms with E-state index in [2.05, 4.69) is 16.0 Å². The number of sulfone groups is 1. The lowest BCUT2D eigenvalue weighted by Gasteiger charge is -2.12. The Kier molecular flexibility index (Phi) is 5.76. The molecule has 10 heteroatoms. The van der Waals surface area contributed by atoms with E-state index in [0.717, 1.165) is 0 Å². The summed E-state index contributed by atoms with van der Waals surface area (Å²) in [6.07, 6.45) is 0.394. The molecule has 8 nitrogen and oxygen atoms in total. The first-order chi connectivity index (χ1) is 13.2. The van der Waals surface area contributed by atoms with Gasteiger partial charge in [-0.15, -0.1) is 0 Å². The molecule has 1 aliphatic rings. The van der Waals surface area contributed by atoms with Crippen LogP contribution in [0.25, 0.3) is 0 Å². The average Bonchev–Trinajstić information content (AvgIpc) is 2.97. The largest absolute Gasteiger partial charge is 0.506 e. The molecule has 1 heterocycles. The van der Waals surface area contributed by atoms with Gasteiger partial charge in [-0.1, -0.05) is 11.6 Å². The van der Waals surface area contributed by atoms with E-state index >= 15 is 0 Å². The molecule has 3 rings (SSSR count). The number of aromatic hydroxyl groups is 1. The molecule has 0 aliphatic carbocycles. The molecule has 0 radical (unpaired) electrons. The van der Waals surface area contributed by atoms with E-state index < -0.39 is 27.8 Å². The first-order valence-corrected chi connectivity index (χ1v) is 10.6. The summed E-state index contributed by atoms with van der Waals surface area (Å²) in [5, 5.41) is 17.9. The summed E-state index contributed by atoms with van der Waals surface area (Å²) in [5.74, 6) is -0.550. The van der Waals surface area contributed by atoms with E-state index in [1.165, 1.54) is 42.5 Å². The number of hydrogen-bond donors (Lipinski definition) is 4. The first kappa shape index (κ1) is 20.0. The fourth-order valence-corrected chi connectivity index (χ4v) is 4.61. The van der Waals surface area contributed by atoms with Crippen LogP contribution in [-0.2, 0) is 9.84 Å². The molecule has 3 amide bonds. The van der Waals surface area contributed by atoms with Crippen LogP contribution in [0.4, 0.5) is 16.2 Å². The van der Waals surface area contributed by atoms with Crippen molar-refractivity contribution >= 4 is 44.8 Å². The second kappa shape index (κ2) is 8.07. The van der Waals surface area contributed by atoms with Crippen LogP contribution in [0.15, 0.2) is 42.5 Å². The van der Waals surface area contributed by atoms with Crippen LogP contribution in [0.3, 0.4) is 0 Å². The Morgan fingerprint density at radius 2 is 1.79 bits per heavy atom. The van der Waals surface area contributed by atoms with E-state index in [0.29, 0.717) is 22.7 Å². The molecular weight excluding hydrogens is 406 g/mol. The third-order valence-corrected chi connectivity index (χ3v) is 6.18. The van der Waals surface area contributed by atoms with Gasteiger partial charge in [0.1, 0.15) is 5.75 Å². The van der Waals surface area contributed by atoms with Crippen molar-refractivity contribution in [1.29, 1.82) is 0 Å². The molecule has 4 N–H and O–H groups in total. The molecule has 0 aromatic heterocycles. The molecular formula is C18H18ClN3O5S. The summed E-state index contributed by atoms with van der Waals surface area (Å²) in [5.41, 5.74) is 0.943. The Balaban J connectivity index is 1.57. The standard InChI is InChI=1S/C18H18ClN3O5S/c19-12-3-6-16(23)15(9-12)22-17(24)11-1-4-13(5-2-11)20-18(25)21-14-7-8-28(26,27)10-14/h1-6,9,14,23H,7-8,10H2,(H,22,24)(H2,20,21,25)/t14-/m0/s1. The molecule has 1 saturated heterocycles. The Hall–Kier alpha value is -2.78. The second-order valence-electron chi connectivity index (χ2n) is 6.39. The highest BCUT2D eigenvalue weighted by atomic mass is 35.5. The lowest BCUT2D eigenvalue weighted by molar-refractivity contribution is 0.102. The smallest absolute Gasteiger partial charge is 0.319 e. The summed E-state index contributed by atoms with van der Waals surface area (Å²) in [6, 6.07) is 9.48. The zero-order chi connectivity index (χ0) is 20.3. The molecule has 0 unspecified atom stereocenters. The van der Waals surface area contributed by atoms with Crippen LogP contribution in [0.1, 0.15) is 16.8 Å². The zero-order valence-electron chi connectivity index (χ0n) is 14.6. The van der Waals surface area contributed by atoms with Crippen LogP contribution in [0, 0.1) is 0 Å². The number of nitrogens with one attached hydrogen (secondary N) is 3. The minimum absolute atomic E-state index is 0.0596. The van der Waals surface area contributed by atoms with Crippen molar-refractivity contribution in [3.63, 3.8) is 0 Å². The molecule has 0 bridgehead atoms. The lowest BCUT2D eigenvalue weighted by Crippen LogP contribution is -2.38. The molecule has 1 aliphatic heterocycles. The number of carbonyl (C=O) groups excluding carboxylic acids is 2. The highest BCUT2D eigenvalue weighted by Gasteiger charge is 2.28. The Morgan fingerprint density at radius 3 is 2.43 bits per heavy atom. The normalized spacial score (nSPS) is 17.7. The van der Waals surface area contributed by atoms with Crippen LogP contribution in [-0.4, -0.2) is 43.0 Å². The van der Waals surface area contributed by atoms with Crippen molar-refractivity contribution < 1.29 is 23.1 Å². The van der Waals surface area contributed by atoms with E-state index in [4.69, 9.17) is 11.6 Å². The van der Waals surface area contributed by atoms with Gasteiger partial charge in [0, 0.05) is 22.3 Å². The lowest BCUT2D eigenvalue weighted by atomic mass is 10.2. The van der Waals surface area contributed by atoms with E-state index in [9.17, 15) is 23.1 Å². The predicted octanol–water partition coefficient (Wildman–Crippen LogP) is 2.61. The number of halogens is 1. The van der Waals surface area contributed by atoms with Gasteiger partial charge >= 0.3 is 6.03 Å². The van der Waals surface area contributed by atoms with Crippen molar-refractivity contribution in [2.75, 3.05) is 22.1 Å². The number of benzene rings is 2. The second-order valence-corrected chi connectivity index (χ2v) is 9.06. The Bertz CT molecular complexity index is 1010. The maximum atomic E-state index is 12.3. The minimum Gasteiger partial charge on any atom is -0.506 e. The summed E-state index contributed by atoms with van der Waals surface area (Å²) in [7, 11) is -3.07. The molecule has 0 saturated carbocycles. The number of phenolic OH excluding ortho intramolecular Hbond substituents is 1. The van der Waals surface area contributed by atoms with Crippen molar-refractivity contribution in [1.82, 2.24) is 5.32 Å². The molecule has 0 spiro atoms. The fourth-order valence-electron chi connectivity index (χ4n) is 2.77. The van der Waals surface area contributed by atoms with Gasteiger partial charge < -0.3 is 21.1 Å². The van der Waals surface area contributed by atoms with Gasteiger partial charge in [0.15, 0.2) is 9.84 Å². The fraction of sp³-hybridized carbons (Fsp3) is 0.222. The van der Waals surface area contributed by atoms with Gasteiger partial charge in [-0.2, -0.15) is 0 Å². The quantitative estimate of drug-likeness (QED) is 0.562. The van der Waals surface area contributed by atoms with Crippen LogP contribution in [0.5, 0.6) is 5.75 Å². The molecule has 148 valence electrons. The van der Waals surface area contributed by atoms with E-state index in [1.54, 1.807) is 0 Å². The monoisotopic (exact) mass is 423 g/mol. The average molecular weight is 424 g/mol. The third kappa shape index (κ3) is 5.14. The van der Waals surface area contributed by atoms with Gasteiger partial charge in [-0.05, 0) is 48.9 Å². The van der Waals surface area contributed by atoms with Gasteiger partial charge in [-0.3, -0.25) is 4.79 Å². The number of phenols is 1. The minimum atomic E-state index is -3.07. The third-order valence-electron chi connectivity index (χ3n) is 4.18. The molecule has 1 fully saturated rings. The summed E-state index contributed by atoms with van der Waals surface area (Å²) < 4.78 is 22.8. The SMILES string of the molecule is O=C(Nc1ccc(C(=O)Nc2cc(Cl)ccc2O)cc1)N[C@H]1CCS(=O)(=O)C1. The van der Waals surface area contributed by atoms with Crippen molar-refractivity contribution in [2.45, 2.75) is 12.5 Å². The van der Waals surface area contributed by atoms with Gasteiger partial charge in [0.2, 0.25) is 0 Å². The molecule has 2 aromatic rings. The topological polar surface area (TPSA) is 125 Å². The maximum Gasteiger partial charge on any atom is 0.319 e.